The fourth-order valence-electron chi connectivity index (χ4n) is 5.21. The normalized spacial score (nSPS) is 17.1. The Balaban J connectivity index is 1.73. The average Bonchev–Trinajstić information content (AvgIpc) is 3.40. The van der Waals surface area contributed by atoms with E-state index in [0.717, 1.165) is 50.4 Å². The van der Waals surface area contributed by atoms with Gasteiger partial charge in [0.05, 0.1) is 37.7 Å². The van der Waals surface area contributed by atoms with Gasteiger partial charge in [-0.15, -0.1) is 0 Å². The third kappa shape index (κ3) is 4.32. The molecule has 190 valence electrons. The van der Waals surface area contributed by atoms with Gasteiger partial charge in [0, 0.05) is 34.4 Å². The zero-order valence-electron chi connectivity index (χ0n) is 21.4. The number of nitrogens with zero attached hydrogens (tertiary/aromatic N) is 3. The number of aryl methyl sites for hydroxylation is 1. The van der Waals surface area contributed by atoms with Crippen molar-refractivity contribution in [2.75, 3.05) is 19.1 Å². The number of ether oxygens (including phenoxy) is 2. The molecule has 1 fully saturated rings. The van der Waals surface area contributed by atoms with E-state index < -0.39 is 0 Å². The van der Waals surface area contributed by atoms with E-state index in [4.69, 9.17) is 33.3 Å². The maximum Gasteiger partial charge on any atom is 0.174 e. The van der Waals surface area contributed by atoms with Crippen LogP contribution in [0.15, 0.2) is 66.9 Å². The number of pyridine rings is 1. The fraction of sp³-hybridized carbons (Fsp3) is 0.241. The van der Waals surface area contributed by atoms with Gasteiger partial charge in [-0.25, -0.2) is 0 Å². The second-order valence-corrected chi connectivity index (χ2v) is 9.87. The number of rotatable bonds is 6. The summed E-state index contributed by atoms with van der Waals surface area (Å²) >= 11 is 12.5. The van der Waals surface area contributed by atoms with E-state index in [-0.39, 0.29) is 12.1 Å². The molecule has 0 aliphatic carbocycles. The van der Waals surface area contributed by atoms with Gasteiger partial charge in [-0.1, -0.05) is 23.7 Å². The minimum atomic E-state index is -0.192. The third-order valence-corrected chi connectivity index (χ3v) is 7.74. The third-order valence-electron chi connectivity index (χ3n) is 7.01. The molecule has 4 aromatic rings. The van der Waals surface area contributed by atoms with Crippen LogP contribution < -0.4 is 19.7 Å². The number of anilines is 1. The SMILES string of the molecule is COc1ccc(OC)c(N2C(=S)N[C@H](c3ccccn3)[C@H]2c2cc(C)n(-c3cccc(Cl)c3C)c2C)c1. The Morgan fingerprint density at radius 2 is 1.76 bits per heavy atom. The van der Waals surface area contributed by atoms with Crippen molar-refractivity contribution in [2.24, 2.45) is 0 Å². The van der Waals surface area contributed by atoms with Gasteiger partial charge in [-0.05, 0) is 86.6 Å². The van der Waals surface area contributed by atoms with E-state index in [1.54, 1.807) is 14.2 Å². The van der Waals surface area contributed by atoms with Gasteiger partial charge >= 0.3 is 0 Å². The first-order chi connectivity index (χ1) is 17.8. The van der Waals surface area contributed by atoms with Crippen LogP contribution in [0, 0.1) is 20.8 Å². The predicted molar refractivity (Wildman–Crippen MR) is 152 cm³/mol. The molecule has 1 aliphatic heterocycles. The van der Waals surface area contributed by atoms with Crippen molar-refractivity contribution in [1.29, 1.82) is 0 Å². The summed E-state index contributed by atoms with van der Waals surface area (Å²) in [6.45, 7) is 6.30. The molecule has 8 heteroatoms. The van der Waals surface area contributed by atoms with Crippen LogP contribution in [0.5, 0.6) is 11.5 Å². The number of methoxy groups -OCH3 is 2. The molecular weight excluding hydrogens is 504 g/mol. The molecule has 0 radical (unpaired) electrons. The lowest BCUT2D eigenvalue weighted by atomic mass is 9.96. The van der Waals surface area contributed by atoms with E-state index in [1.165, 1.54) is 0 Å². The van der Waals surface area contributed by atoms with E-state index in [1.807, 2.05) is 61.7 Å². The predicted octanol–water partition coefficient (Wildman–Crippen LogP) is 6.65. The molecule has 37 heavy (non-hydrogen) atoms. The molecular formula is C29H29ClN4O2S. The van der Waals surface area contributed by atoms with Crippen LogP contribution in [-0.2, 0) is 0 Å². The first-order valence-electron chi connectivity index (χ1n) is 12.0. The second-order valence-electron chi connectivity index (χ2n) is 9.08. The highest BCUT2D eigenvalue weighted by Gasteiger charge is 2.43. The summed E-state index contributed by atoms with van der Waals surface area (Å²) in [5, 5.41) is 4.87. The Morgan fingerprint density at radius 1 is 0.946 bits per heavy atom. The van der Waals surface area contributed by atoms with Gasteiger partial charge < -0.3 is 24.3 Å². The molecule has 6 nitrogen and oxygen atoms in total. The molecule has 0 amide bonds. The summed E-state index contributed by atoms with van der Waals surface area (Å²) in [6.07, 6.45) is 1.81. The van der Waals surface area contributed by atoms with Crippen molar-refractivity contribution in [3.63, 3.8) is 0 Å². The maximum absolute atomic E-state index is 6.51. The first-order valence-corrected chi connectivity index (χ1v) is 12.8. The fourth-order valence-corrected chi connectivity index (χ4v) is 5.72. The van der Waals surface area contributed by atoms with Gasteiger partial charge in [0.15, 0.2) is 5.11 Å². The summed E-state index contributed by atoms with van der Waals surface area (Å²) in [6, 6.07) is 19.5. The zero-order chi connectivity index (χ0) is 26.3. The Labute approximate surface area is 227 Å². The minimum Gasteiger partial charge on any atom is -0.497 e. The first kappa shape index (κ1) is 25.1. The number of nitrogens with one attached hydrogen (secondary N) is 1. The molecule has 1 N–H and O–H groups in total. The van der Waals surface area contributed by atoms with Gasteiger partial charge in [-0.2, -0.15) is 0 Å². The van der Waals surface area contributed by atoms with Gasteiger partial charge in [-0.3, -0.25) is 4.98 Å². The number of hydrogen-bond acceptors (Lipinski definition) is 4. The van der Waals surface area contributed by atoms with E-state index in [0.29, 0.717) is 10.9 Å². The standard InChI is InChI=1S/C29H29ClN4O2S/c1-17-15-21(19(3)33(17)24-11-8-9-22(30)18(24)2)28-27(23-10-6-7-14-31-23)32-29(37)34(28)25-16-20(35-4)12-13-26(25)36-5/h6-16,27-28H,1-5H3,(H,32,37)/t27-,28-/m1/s1. The molecule has 2 aromatic carbocycles. The van der Waals surface area contributed by atoms with E-state index in [9.17, 15) is 0 Å². The maximum atomic E-state index is 6.51. The Hall–Kier alpha value is -3.55. The van der Waals surface area contributed by atoms with Crippen LogP contribution in [-0.4, -0.2) is 28.9 Å². The molecule has 2 atom stereocenters. The van der Waals surface area contributed by atoms with Crippen molar-refractivity contribution in [2.45, 2.75) is 32.9 Å². The molecule has 0 bridgehead atoms. The molecule has 2 aromatic heterocycles. The van der Waals surface area contributed by atoms with Crippen molar-refractivity contribution in [3.05, 3.63) is 100 Å². The highest BCUT2D eigenvalue weighted by Crippen LogP contribution is 2.47. The second kappa shape index (κ2) is 10.1. The minimum absolute atomic E-state index is 0.181. The van der Waals surface area contributed by atoms with Gasteiger partial charge in [0.1, 0.15) is 11.5 Å². The Kier molecular flexibility index (Phi) is 6.84. The summed E-state index contributed by atoms with van der Waals surface area (Å²) in [5.74, 6) is 1.43. The topological polar surface area (TPSA) is 51.6 Å². The number of benzene rings is 2. The highest BCUT2D eigenvalue weighted by molar-refractivity contribution is 7.80. The van der Waals surface area contributed by atoms with Crippen molar-refractivity contribution in [1.82, 2.24) is 14.9 Å². The van der Waals surface area contributed by atoms with Crippen LogP contribution in [0.25, 0.3) is 5.69 Å². The molecule has 5 rings (SSSR count). The van der Waals surface area contributed by atoms with E-state index in [2.05, 4.69) is 45.7 Å². The van der Waals surface area contributed by atoms with Crippen molar-refractivity contribution in [3.8, 4) is 17.2 Å². The van der Waals surface area contributed by atoms with Crippen molar-refractivity contribution >= 4 is 34.6 Å². The zero-order valence-corrected chi connectivity index (χ0v) is 23.0. The lowest BCUT2D eigenvalue weighted by Crippen LogP contribution is -2.30. The van der Waals surface area contributed by atoms with Crippen molar-refractivity contribution < 1.29 is 9.47 Å². The van der Waals surface area contributed by atoms with E-state index >= 15 is 0 Å². The number of thiocarbonyl (C=S) groups is 1. The largest absolute Gasteiger partial charge is 0.497 e. The summed E-state index contributed by atoms with van der Waals surface area (Å²) < 4.78 is 13.6. The lowest BCUT2D eigenvalue weighted by Gasteiger charge is -2.29. The molecule has 1 saturated heterocycles. The molecule has 3 heterocycles. The monoisotopic (exact) mass is 532 g/mol. The molecule has 0 unspecified atom stereocenters. The number of halogens is 1. The van der Waals surface area contributed by atoms with Gasteiger partial charge in [0.25, 0.3) is 0 Å². The summed E-state index contributed by atoms with van der Waals surface area (Å²) in [4.78, 5) is 6.81. The molecule has 0 saturated carbocycles. The number of hydrogen-bond donors (Lipinski definition) is 1. The van der Waals surface area contributed by atoms with Gasteiger partial charge in [0.2, 0.25) is 0 Å². The number of aromatic nitrogens is 2. The Bertz CT molecular complexity index is 1470. The van der Waals surface area contributed by atoms with Crippen LogP contribution in [0.3, 0.4) is 0 Å². The van der Waals surface area contributed by atoms with Crippen LogP contribution in [0.1, 0.15) is 40.3 Å². The smallest absolute Gasteiger partial charge is 0.174 e. The molecule has 1 aliphatic rings. The quantitative estimate of drug-likeness (QED) is 0.281. The Morgan fingerprint density at radius 3 is 2.46 bits per heavy atom. The molecule has 0 spiro atoms. The van der Waals surface area contributed by atoms with Crippen LogP contribution >= 0.6 is 23.8 Å². The van der Waals surface area contributed by atoms with Crippen LogP contribution in [0.2, 0.25) is 5.02 Å². The summed E-state index contributed by atoms with van der Waals surface area (Å²) in [5.41, 5.74) is 7.16. The van der Waals surface area contributed by atoms with Crippen LogP contribution in [0.4, 0.5) is 5.69 Å². The summed E-state index contributed by atoms with van der Waals surface area (Å²) in [7, 11) is 3.32. The lowest BCUT2D eigenvalue weighted by molar-refractivity contribution is 0.403. The highest BCUT2D eigenvalue weighted by atomic mass is 35.5. The average molecular weight is 533 g/mol.